The van der Waals surface area contributed by atoms with Gasteiger partial charge in [-0.15, -0.1) is 11.3 Å². The van der Waals surface area contributed by atoms with Crippen molar-refractivity contribution in [2.24, 2.45) is 0 Å². The summed E-state index contributed by atoms with van der Waals surface area (Å²) in [5, 5.41) is 3.18. The molecule has 2 aromatic heterocycles. The Morgan fingerprint density at radius 2 is 1.70 bits per heavy atom. The van der Waals surface area contributed by atoms with E-state index in [0.717, 1.165) is 6.07 Å². The van der Waals surface area contributed by atoms with Crippen LogP contribution in [0.3, 0.4) is 0 Å². The van der Waals surface area contributed by atoms with Gasteiger partial charge in [0.2, 0.25) is 11.9 Å². The third-order valence-corrected chi connectivity index (χ3v) is 10.8. The third kappa shape index (κ3) is 8.49. The molecule has 11 nitrogen and oxygen atoms in total. The maximum absolute atomic E-state index is 16.9. The lowest BCUT2D eigenvalue weighted by atomic mass is 9.98. The molecule has 1 aliphatic rings. The Morgan fingerprint density at radius 3 is 2.45 bits per heavy atom. The molecule has 1 aliphatic heterocycles. The van der Waals surface area contributed by atoms with Gasteiger partial charge in [0.15, 0.2) is 0 Å². The maximum atomic E-state index is 16.9. The smallest absolute Gasteiger partial charge is 0.410 e. The standard InChI is InChI=1S/C37H35F3N6O5S2/c1-21(47)42-35-41-17-16-29(43-35)33-32(44-34(52-33)22-9-8-18-46(20-22)36(48)51-37(2,3)4)26-12-7-11-25(31(26)40)24-10-5-6-13-28(24)45-53(49,50)30-19-23(38)14-15-27(30)39/h5-7,10-17,19,22,45H,8-9,18,20H2,1-4H3,(H,41,42,43,47). The van der Waals surface area contributed by atoms with E-state index in [-0.39, 0.29) is 45.8 Å². The van der Waals surface area contributed by atoms with Crippen molar-refractivity contribution in [1.82, 2.24) is 19.9 Å². The number of benzene rings is 3. The SMILES string of the molecule is CC(=O)Nc1nccc(-c2sc(C3CCCN(C(=O)OC(C)(C)C)C3)nc2-c2cccc(-c3ccccc3NS(=O)(=O)c3cc(F)ccc3F)c2F)n1. The number of nitrogens with zero attached hydrogens (tertiary/aromatic N) is 4. The zero-order valence-electron chi connectivity index (χ0n) is 29.1. The molecule has 1 atom stereocenters. The highest BCUT2D eigenvalue weighted by Gasteiger charge is 2.32. The molecule has 3 aromatic carbocycles. The first-order chi connectivity index (χ1) is 25.1. The normalized spacial score (nSPS) is 14.8. The molecule has 276 valence electrons. The van der Waals surface area contributed by atoms with Gasteiger partial charge in [0, 0.05) is 48.8 Å². The number of piperidine rings is 1. The van der Waals surface area contributed by atoms with Crippen LogP contribution in [-0.4, -0.2) is 59.0 Å². The van der Waals surface area contributed by atoms with E-state index in [2.05, 4.69) is 20.0 Å². The van der Waals surface area contributed by atoms with Crippen molar-refractivity contribution >= 4 is 45.0 Å². The number of ether oxygens (including phenoxy) is 1. The number of sulfonamides is 1. The van der Waals surface area contributed by atoms with Crippen LogP contribution in [0.2, 0.25) is 0 Å². The average molecular weight is 765 g/mol. The quantitative estimate of drug-likeness (QED) is 0.161. The van der Waals surface area contributed by atoms with Crippen LogP contribution in [0, 0.1) is 17.5 Å². The molecule has 53 heavy (non-hydrogen) atoms. The molecular weight excluding hydrogens is 730 g/mol. The predicted molar refractivity (Wildman–Crippen MR) is 195 cm³/mol. The minimum atomic E-state index is -4.64. The highest BCUT2D eigenvalue weighted by atomic mass is 32.2. The first-order valence-electron chi connectivity index (χ1n) is 16.6. The number of hydrogen-bond donors (Lipinski definition) is 2. The summed E-state index contributed by atoms with van der Waals surface area (Å²) in [6.45, 7) is 7.53. The summed E-state index contributed by atoms with van der Waals surface area (Å²) in [5.41, 5.74) is 0.0140. The molecule has 3 heterocycles. The number of rotatable bonds is 8. The van der Waals surface area contributed by atoms with Crippen molar-refractivity contribution in [3.63, 3.8) is 0 Å². The number of carbonyl (C=O) groups excluding carboxylic acids is 2. The number of halogens is 3. The number of amides is 2. The van der Waals surface area contributed by atoms with Crippen molar-refractivity contribution in [2.45, 2.75) is 57.0 Å². The molecule has 1 unspecified atom stereocenters. The van der Waals surface area contributed by atoms with Crippen molar-refractivity contribution in [3.8, 4) is 33.0 Å². The van der Waals surface area contributed by atoms with Crippen molar-refractivity contribution in [3.05, 3.63) is 95.4 Å². The Morgan fingerprint density at radius 1 is 0.962 bits per heavy atom. The second kappa shape index (κ2) is 14.9. The van der Waals surface area contributed by atoms with Gasteiger partial charge in [-0.05, 0) is 70.0 Å². The van der Waals surface area contributed by atoms with Crippen LogP contribution in [0.1, 0.15) is 51.5 Å². The molecular formula is C37H35F3N6O5S2. The molecule has 16 heteroatoms. The Bertz CT molecular complexity index is 2310. The number of anilines is 2. The highest BCUT2D eigenvalue weighted by molar-refractivity contribution is 7.92. The van der Waals surface area contributed by atoms with Crippen molar-refractivity contribution < 1.29 is 35.9 Å². The lowest BCUT2D eigenvalue weighted by molar-refractivity contribution is -0.114. The van der Waals surface area contributed by atoms with E-state index in [4.69, 9.17) is 9.72 Å². The van der Waals surface area contributed by atoms with Gasteiger partial charge >= 0.3 is 6.09 Å². The van der Waals surface area contributed by atoms with E-state index in [1.165, 1.54) is 54.8 Å². The minimum Gasteiger partial charge on any atom is -0.444 e. The number of thiazole rings is 1. The van der Waals surface area contributed by atoms with Crippen molar-refractivity contribution in [2.75, 3.05) is 23.1 Å². The summed E-state index contributed by atoms with van der Waals surface area (Å²) in [4.78, 5) is 39.5. The zero-order chi connectivity index (χ0) is 38.1. The minimum absolute atomic E-state index is 0.00333. The van der Waals surface area contributed by atoms with Gasteiger partial charge in [-0.25, -0.2) is 41.3 Å². The highest BCUT2D eigenvalue weighted by Crippen LogP contribution is 2.43. The Hall–Kier alpha value is -5.35. The van der Waals surface area contributed by atoms with E-state index >= 15 is 4.39 Å². The van der Waals surface area contributed by atoms with E-state index < -0.39 is 44.1 Å². The molecule has 2 amide bonds. The monoisotopic (exact) mass is 764 g/mol. The summed E-state index contributed by atoms with van der Waals surface area (Å²) in [7, 11) is -4.64. The van der Waals surface area contributed by atoms with E-state index in [1.807, 2.05) is 0 Å². The zero-order valence-corrected chi connectivity index (χ0v) is 30.7. The van der Waals surface area contributed by atoms with Gasteiger partial charge in [-0.2, -0.15) is 0 Å². The Balaban J connectivity index is 1.43. The lowest BCUT2D eigenvalue weighted by Gasteiger charge is -2.33. The van der Waals surface area contributed by atoms with Gasteiger partial charge in [0.1, 0.15) is 27.9 Å². The lowest BCUT2D eigenvalue weighted by Crippen LogP contribution is -2.42. The van der Waals surface area contributed by atoms with Crippen LogP contribution in [-0.2, 0) is 19.6 Å². The molecule has 1 saturated heterocycles. The van der Waals surface area contributed by atoms with Crippen LogP contribution >= 0.6 is 11.3 Å². The second-order valence-corrected chi connectivity index (χ2v) is 16.0. The van der Waals surface area contributed by atoms with Gasteiger partial charge in [-0.3, -0.25) is 14.8 Å². The average Bonchev–Trinajstić information content (AvgIpc) is 3.54. The third-order valence-electron chi connectivity index (χ3n) is 8.14. The van der Waals surface area contributed by atoms with Crippen LogP contribution in [0.25, 0.3) is 33.0 Å². The first kappa shape index (κ1) is 37.4. The summed E-state index contributed by atoms with van der Waals surface area (Å²) >= 11 is 1.27. The summed E-state index contributed by atoms with van der Waals surface area (Å²) < 4.78 is 79.7. The van der Waals surface area contributed by atoms with Crippen LogP contribution in [0.4, 0.5) is 29.6 Å². The molecule has 1 fully saturated rings. The Labute approximate surface area is 308 Å². The molecule has 0 aliphatic carbocycles. The number of para-hydroxylation sites is 1. The predicted octanol–water partition coefficient (Wildman–Crippen LogP) is 8.23. The van der Waals surface area contributed by atoms with Gasteiger partial charge in [-0.1, -0.05) is 30.3 Å². The number of likely N-dealkylation sites (tertiary alicyclic amines) is 1. The Kier molecular flexibility index (Phi) is 10.5. The van der Waals surface area contributed by atoms with E-state index in [1.54, 1.807) is 43.9 Å². The van der Waals surface area contributed by atoms with Crippen molar-refractivity contribution in [1.29, 1.82) is 0 Å². The number of aromatic nitrogens is 3. The maximum Gasteiger partial charge on any atom is 0.410 e. The summed E-state index contributed by atoms with van der Waals surface area (Å²) in [5.74, 6) is -3.41. The second-order valence-electron chi connectivity index (χ2n) is 13.3. The van der Waals surface area contributed by atoms with Gasteiger partial charge in [0.05, 0.1) is 27.0 Å². The molecule has 0 spiro atoms. The number of hydrogen-bond acceptors (Lipinski definition) is 9. The molecule has 2 N–H and O–H groups in total. The first-order valence-corrected chi connectivity index (χ1v) is 18.9. The number of carbonyl (C=O) groups is 2. The topological polar surface area (TPSA) is 143 Å². The fraction of sp³-hybridized carbons (Fsp3) is 0.270. The van der Waals surface area contributed by atoms with Gasteiger partial charge < -0.3 is 9.64 Å². The molecule has 0 bridgehead atoms. The largest absolute Gasteiger partial charge is 0.444 e. The fourth-order valence-electron chi connectivity index (χ4n) is 5.85. The van der Waals surface area contributed by atoms with E-state index in [9.17, 15) is 26.8 Å². The number of nitrogens with one attached hydrogen (secondary N) is 2. The van der Waals surface area contributed by atoms with Crippen LogP contribution in [0.5, 0.6) is 0 Å². The fourth-order valence-corrected chi connectivity index (χ4v) is 8.20. The van der Waals surface area contributed by atoms with E-state index in [0.29, 0.717) is 53.6 Å². The molecule has 0 saturated carbocycles. The summed E-state index contributed by atoms with van der Waals surface area (Å²) in [6.07, 6.45) is 2.40. The molecule has 6 rings (SSSR count). The van der Waals surface area contributed by atoms with Gasteiger partial charge in [0.25, 0.3) is 10.0 Å². The molecule has 0 radical (unpaired) electrons. The molecule has 5 aromatic rings. The van der Waals surface area contributed by atoms with Crippen LogP contribution in [0.15, 0.2) is 77.8 Å². The van der Waals surface area contributed by atoms with Crippen LogP contribution < -0.4 is 10.0 Å². The summed E-state index contributed by atoms with van der Waals surface area (Å²) in [6, 6.07) is 14.2.